The van der Waals surface area contributed by atoms with Gasteiger partial charge in [-0.25, -0.2) is 9.59 Å². The van der Waals surface area contributed by atoms with Crippen LogP contribution >= 0.6 is 0 Å². The molecule has 0 aromatic heterocycles. The third-order valence-corrected chi connectivity index (χ3v) is 5.69. The topological polar surface area (TPSA) is 108 Å². The van der Waals surface area contributed by atoms with E-state index in [1.807, 2.05) is 43.3 Å². The maximum Gasteiger partial charge on any atom is 0.407 e. The van der Waals surface area contributed by atoms with Gasteiger partial charge in [0.15, 0.2) is 0 Å². The summed E-state index contributed by atoms with van der Waals surface area (Å²) in [6.45, 7) is 2.16. The third kappa shape index (κ3) is 5.90. The van der Waals surface area contributed by atoms with Crippen LogP contribution in [0.2, 0.25) is 0 Å². The van der Waals surface area contributed by atoms with Crippen molar-refractivity contribution in [3.63, 3.8) is 0 Å². The van der Waals surface area contributed by atoms with Gasteiger partial charge in [-0.2, -0.15) is 0 Å². The molecule has 1 aliphatic carbocycles. The smallest absolute Gasteiger partial charge is 0.407 e. The second-order valence-corrected chi connectivity index (χ2v) is 8.47. The molecule has 2 amide bonds. The van der Waals surface area contributed by atoms with Crippen LogP contribution in [-0.2, 0) is 14.3 Å². The Balaban J connectivity index is 1.64. The zero-order chi connectivity index (χ0) is 24.0. The molecule has 0 saturated carbocycles. The largest absolute Gasteiger partial charge is 0.480 e. The first-order chi connectivity index (χ1) is 15.8. The quantitative estimate of drug-likeness (QED) is 0.511. The summed E-state index contributed by atoms with van der Waals surface area (Å²) in [4.78, 5) is 38.4. The highest BCUT2D eigenvalue weighted by atomic mass is 16.5. The van der Waals surface area contributed by atoms with E-state index in [1.165, 1.54) is 0 Å². The maximum absolute atomic E-state index is 12.7. The number of carbonyl (C=O) groups is 3. The van der Waals surface area contributed by atoms with Gasteiger partial charge >= 0.3 is 12.1 Å². The normalized spacial score (nSPS) is 14.2. The number of hydrogen-bond donors (Lipinski definition) is 3. The lowest BCUT2D eigenvalue weighted by atomic mass is 9.98. The molecule has 8 nitrogen and oxygen atoms in total. The summed E-state index contributed by atoms with van der Waals surface area (Å²) >= 11 is 0. The Morgan fingerprint density at radius 1 is 0.970 bits per heavy atom. The van der Waals surface area contributed by atoms with E-state index in [2.05, 4.69) is 22.8 Å². The predicted octanol–water partition coefficient (Wildman–Crippen LogP) is 2.82. The lowest BCUT2D eigenvalue weighted by molar-refractivity contribution is -0.142. The lowest BCUT2D eigenvalue weighted by Gasteiger charge is -2.23. The molecule has 8 heteroatoms. The van der Waals surface area contributed by atoms with Gasteiger partial charge in [0.1, 0.15) is 18.7 Å². The molecular formula is C25H31N3O5. The molecule has 0 bridgehead atoms. The minimum atomic E-state index is -1.13. The van der Waals surface area contributed by atoms with Crippen molar-refractivity contribution in [2.45, 2.75) is 37.8 Å². The summed E-state index contributed by atoms with van der Waals surface area (Å²) in [6, 6.07) is 14.1. The van der Waals surface area contributed by atoms with Crippen molar-refractivity contribution in [1.29, 1.82) is 0 Å². The van der Waals surface area contributed by atoms with Gasteiger partial charge in [-0.05, 0) is 42.8 Å². The van der Waals surface area contributed by atoms with Crippen molar-refractivity contribution in [2.75, 3.05) is 27.2 Å². The van der Waals surface area contributed by atoms with Crippen molar-refractivity contribution < 1.29 is 24.2 Å². The van der Waals surface area contributed by atoms with Gasteiger partial charge < -0.3 is 25.4 Å². The van der Waals surface area contributed by atoms with Crippen LogP contribution in [0.15, 0.2) is 48.5 Å². The SMILES string of the molecule is CCC[C@@H](NC(=O)OCC1c2ccccc2-c2ccccc21)C(=O)NC(CN(C)C)C(=O)O. The van der Waals surface area contributed by atoms with Gasteiger partial charge in [-0.1, -0.05) is 61.9 Å². The molecule has 176 valence electrons. The average Bonchev–Trinajstić information content (AvgIpc) is 3.10. The Bertz CT molecular complexity index is 962. The van der Waals surface area contributed by atoms with Crippen LogP contribution in [0.3, 0.4) is 0 Å². The zero-order valence-corrected chi connectivity index (χ0v) is 19.2. The van der Waals surface area contributed by atoms with Gasteiger partial charge in [-0.3, -0.25) is 4.79 Å². The second kappa shape index (κ2) is 11.0. The van der Waals surface area contributed by atoms with E-state index in [0.717, 1.165) is 22.3 Å². The van der Waals surface area contributed by atoms with Crippen LogP contribution in [-0.4, -0.2) is 67.3 Å². The molecule has 2 aromatic rings. The van der Waals surface area contributed by atoms with Gasteiger partial charge in [0, 0.05) is 12.5 Å². The van der Waals surface area contributed by atoms with E-state index in [0.29, 0.717) is 12.8 Å². The molecule has 0 radical (unpaired) electrons. The molecule has 1 aliphatic rings. The fourth-order valence-corrected chi connectivity index (χ4v) is 4.16. The zero-order valence-electron chi connectivity index (χ0n) is 19.2. The number of nitrogens with one attached hydrogen (secondary N) is 2. The lowest BCUT2D eigenvalue weighted by Crippen LogP contribution is -2.54. The first-order valence-electron chi connectivity index (χ1n) is 11.1. The third-order valence-electron chi connectivity index (χ3n) is 5.69. The number of fused-ring (bicyclic) bond motifs is 3. The maximum atomic E-state index is 12.7. The number of carbonyl (C=O) groups excluding carboxylic acids is 2. The standard InChI is InChI=1S/C25H31N3O5/c1-4-9-21(23(29)26-22(24(30)31)14-28(2)3)27-25(32)33-15-20-18-12-7-5-10-16(18)17-11-6-8-13-19(17)20/h5-8,10-13,20-22H,4,9,14-15H2,1-3H3,(H,26,29)(H,27,32)(H,30,31)/t21-,22?/m1/s1. The number of rotatable bonds is 10. The fourth-order valence-electron chi connectivity index (χ4n) is 4.16. The first-order valence-corrected chi connectivity index (χ1v) is 11.1. The number of aliphatic carboxylic acids is 1. The molecule has 0 heterocycles. The van der Waals surface area contributed by atoms with Gasteiger partial charge in [-0.15, -0.1) is 0 Å². The summed E-state index contributed by atoms with van der Waals surface area (Å²) in [5, 5.41) is 14.5. The van der Waals surface area contributed by atoms with E-state index in [4.69, 9.17) is 4.74 Å². The number of carboxylic acid groups (broad SMARTS) is 1. The van der Waals surface area contributed by atoms with Crippen LogP contribution in [0.5, 0.6) is 0 Å². The highest BCUT2D eigenvalue weighted by molar-refractivity contribution is 5.89. The molecule has 2 aromatic carbocycles. The molecule has 3 rings (SSSR count). The Kier molecular flexibility index (Phi) is 8.06. The average molecular weight is 454 g/mol. The highest BCUT2D eigenvalue weighted by Crippen LogP contribution is 2.44. The van der Waals surface area contributed by atoms with Crippen LogP contribution in [0, 0.1) is 0 Å². The van der Waals surface area contributed by atoms with Gasteiger partial charge in [0.05, 0.1) is 0 Å². The Labute approximate surface area is 193 Å². The molecule has 0 saturated heterocycles. The van der Waals surface area contributed by atoms with Crippen molar-refractivity contribution in [1.82, 2.24) is 15.5 Å². The molecule has 0 fully saturated rings. The molecule has 0 spiro atoms. The number of nitrogens with zero attached hydrogens (tertiary/aromatic N) is 1. The molecular weight excluding hydrogens is 422 g/mol. The van der Waals surface area contributed by atoms with Gasteiger partial charge in [0.25, 0.3) is 0 Å². The minimum Gasteiger partial charge on any atom is -0.480 e. The van der Waals surface area contributed by atoms with Crippen molar-refractivity contribution in [3.05, 3.63) is 59.7 Å². The Hall–Kier alpha value is -3.39. The number of benzene rings is 2. The molecule has 0 aliphatic heterocycles. The minimum absolute atomic E-state index is 0.0851. The Morgan fingerprint density at radius 3 is 2.06 bits per heavy atom. The number of likely N-dealkylation sites (N-methyl/N-ethyl adjacent to an activating group) is 1. The van der Waals surface area contributed by atoms with Crippen LogP contribution in [0.25, 0.3) is 11.1 Å². The fraction of sp³-hybridized carbons (Fsp3) is 0.400. The van der Waals surface area contributed by atoms with Crippen molar-refractivity contribution >= 4 is 18.0 Å². The van der Waals surface area contributed by atoms with Crippen LogP contribution < -0.4 is 10.6 Å². The molecule has 1 unspecified atom stereocenters. The van der Waals surface area contributed by atoms with Crippen molar-refractivity contribution in [3.8, 4) is 11.1 Å². The number of alkyl carbamates (subject to hydrolysis) is 1. The summed E-state index contributed by atoms with van der Waals surface area (Å²) in [5.41, 5.74) is 4.46. The molecule has 3 N–H and O–H groups in total. The summed E-state index contributed by atoms with van der Waals surface area (Å²) in [6.07, 6.45) is 0.294. The monoisotopic (exact) mass is 453 g/mol. The van der Waals surface area contributed by atoms with Crippen molar-refractivity contribution in [2.24, 2.45) is 0 Å². The second-order valence-electron chi connectivity index (χ2n) is 8.47. The van der Waals surface area contributed by atoms with E-state index in [1.54, 1.807) is 19.0 Å². The van der Waals surface area contributed by atoms with E-state index in [9.17, 15) is 19.5 Å². The highest BCUT2D eigenvalue weighted by Gasteiger charge is 2.30. The number of carboxylic acids is 1. The summed E-state index contributed by atoms with van der Waals surface area (Å²) < 4.78 is 5.53. The number of hydrogen-bond acceptors (Lipinski definition) is 5. The molecule has 2 atom stereocenters. The van der Waals surface area contributed by atoms with Crippen LogP contribution in [0.1, 0.15) is 36.8 Å². The summed E-state index contributed by atoms with van der Waals surface area (Å²) in [5.74, 6) is -1.76. The van der Waals surface area contributed by atoms with Gasteiger partial charge in [0.2, 0.25) is 5.91 Å². The first kappa shape index (κ1) is 24.3. The van der Waals surface area contributed by atoms with Crippen LogP contribution in [0.4, 0.5) is 4.79 Å². The number of ether oxygens (including phenoxy) is 1. The number of amides is 2. The Morgan fingerprint density at radius 2 is 1.55 bits per heavy atom. The molecule has 33 heavy (non-hydrogen) atoms. The van der Waals surface area contributed by atoms with E-state index in [-0.39, 0.29) is 19.1 Å². The predicted molar refractivity (Wildman–Crippen MR) is 125 cm³/mol. The summed E-state index contributed by atoms with van der Waals surface area (Å²) in [7, 11) is 3.45. The van der Waals surface area contributed by atoms with E-state index < -0.39 is 30.1 Å². The van der Waals surface area contributed by atoms with E-state index >= 15 is 0 Å².